The Morgan fingerprint density at radius 3 is 2.29 bits per heavy atom. The summed E-state index contributed by atoms with van der Waals surface area (Å²) in [5.74, 6) is -0.493. The SMILES string of the molecule is NC(=O)c1cccc(C(O)c2ccccc2)c1. The van der Waals surface area contributed by atoms with E-state index >= 15 is 0 Å². The summed E-state index contributed by atoms with van der Waals surface area (Å²) in [5, 5.41) is 10.1. The van der Waals surface area contributed by atoms with Gasteiger partial charge in [-0.2, -0.15) is 0 Å². The average molecular weight is 227 g/mol. The van der Waals surface area contributed by atoms with Gasteiger partial charge in [-0.3, -0.25) is 4.79 Å². The number of carbonyl (C=O) groups is 1. The van der Waals surface area contributed by atoms with E-state index in [9.17, 15) is 9.90 Å². The van der Waals surface area contributed by atoms with E-state index in [1.165, 1.54) is 0 Å². The van der Waals surface area contributed by atoms with Gasteiger partial charge in [0.15, 0.2) is 0 Å². The molecule has 0 heterocycles. The second-order valence-corrected chi connectivity index (χ2v) is 3.80. The van der Waals surface area contributed by atoms with Gasteiger partial charge >= 0.3 is 0 Å². The van der Waals surface area contributed by atoms with E-state index in [1.54, 1.807) is 24.3 Å². The lowest BCUT2D eigenvalue weighted by atomic mass is 10.00. The van der Waals surface area contributed by atoms with Gasteiger partial charge in [-0.1, -0.05) is 42.5 Å². The molecule has 0 aliphatic carbocycles. The molecule has 17 heavy (non-hydrogen) atoms. The van der Waals surface area contributed by atoms with Crippen LogP contribution < -0.4 is 5.73 Å². The smallest absolute Gasteiger partial charge is 0.248 e. The largest absolute Gasteiger partial charge is 0.384 e. The van der Waals surface area contributed by atoms with Gasteiger partial charge in [-0.25, -0.2) is 0 Å². The molecule has 0 spiro atoms. The molecule has 3 nitrogen and oxygen atoms in total. The number of carbonyl (C=O) groups excluding carboxylic acids is 1. The van der Waals surface area contributed by atoms with E-state index in [1.807, 2.05) is 30.3 Å². The van der Waals surface area contributed by atoms with E-state index in [-0.39, 0.29) is 0 Å². The second kappa shape index (κ2) is 4.80. The summed E-state index contributed by atoms with van der Waals surface area (Å²) in [5.41, 5.74) is 7.05. The number of amides is 1. The lowest BCUT2D eigenvalue weighted by Crippen LogP contribution is -2.11. The van der Waals surface area contributed by atoms with Gasteiger partial charge in [0.2, 0.25) is 5.91 Å². The highest BCUT2D eigenvalue weighted by Crippen LogP contribution is 2.22. The van der Waals surface area contributed by atoms with E-state index in [0.717, 1.165) is 5.56 Å². The molecule has 1 atom stereocenters. The Hall–Kier alpha value is -2.13. The van der Waals surface area contributed by atoms with Crippen molar-refractivity contribution in [2.45, 2.75) is 6.10 Å². The number of hydrogen-bond acceptors (Lipinski definition) is 2. The van der Waals surface area contributed by atoms with Crippen LogP contribution in [0.25, 0.3) is 0 Å². The molecule has 0 aliphatic rings. The van der Waals surface area contributed by atoms with Crippen molar-refractivity contribution in [2.75, 3.05) is 0 Å². The standard InChI is InChI=1S/C14H13NO2/c15-14(17)12-8-4-7-11(9-12)13(16)10-5-2-1-3-6-10/h1-9,13,16H,(H2,15,17). The predicted octanol–water partition coefficient (Wildman–Crippen LogP) is 1.87. The summed E-state index contributed by atoms with van der Waals surface area (Å²) in [4.78, 5) is 11.1. The molecule has 0 saturated heterocycles. The summed E-state index contributed by atoms with van der Waals surface area (Å²) < 4.78 is 0. The molecule has 2 rings (SSSR count). The fourth-order valence-corrected chi connectivity index (χ4v) is 1.69. The first-order chi connectivity index (χ1) is 8.18. The molecule has 0 bridgehead atoms. The number of rotatable bonds is 3. The maximum Gasteiger partial charge on any atom is 0.248 e. The monoisotopic (exact) mass is 227 g/mol. The lowest BCUT2D eigenvalue weighted by molar-refractivity contribution is 0.1000. The van der Waals surface area contributed by atoms with E-state index in [4.69, 9.17) is 5.73 Å². The normalized spacial score (nSPS) is 12.1. The van der Waals surface area contributed by atoms with Crippen LogP contribution in [0.15, 0.2) is 54.6 Å². The number of benzene rings is 2. The van der Waals surface area contributed by atoms with Gasteiger partial charge in [0.25, 0.3) is 0 Å². The molecule has 0 aromatic heterocycles. The molecule has 2 aromatic carbocycles. The molecule has 0 fully saturated rings. The van der Waals surface area contributed by atoms with Crippen molar-refractivity contribution in [1.82, 2.24) is 0 Å². The first-order valence-electron chi connectivity index (χ1n) is 5.31. The zero-order valence-electron chi connectivity index (χ0n) is 9.21. The summed E-state index contributed by atoms with van der Waals surface area (Å²) in [7, 11) is 0. The maximum atomic E-state index is 11.1. The van der Waals surface area contributed by atoms with Crippen LogP contribution in [0.1, 0.15) is 27.6 Å². The van der Waals surface area contributed by atoms with Gasteiger partial charge in [0.1, 0.15) is 6.10 Å². The summed E-state index contributed by atoms with van der Waals surface area (Å²) in [6, 6.07) is 16.0. The molecular weight excluding hydrogens is 214 g/mol. The van der Waals surface area contributed by atoms with Crippen molar-refractivity contribution < 1.29 is 9.90 Å². The Morgan fingerprint density at radius 1 is 1.00 bits per heavy atom. The van der Waals surface area contributed by atoms with Crippen molar-refractivity contribution >= 4 is 5.91 Å². The number of hydrogen-bond donors (Lipinski definition) is 2. The van der Waals surface area contributed by atoms with E-state index < -0.39 is 12.0 Å². The zero-order valence-corrected chi connectivity index (χ0v) is 9.21. The third kappa shape index (κ3) is 2.52. The minimum atomic E-state index is -0.740. The third-order valence-corrected chi connectivity index (χ3v) is 2.60. The fourth-order valence-electron chi connectivity index (χ4n) is 1.69. The molecule has 0 saturated carbocycles. The Labute approximate surface area is 99.5 Å². The van der Waals surface area contributed by atoms with E-state index in [0.29, 0.717) is 11.1 Å². The van der Waals surface area contributed by atoms with Crippen molar-refractivity contribution in [3.63, 3.8) is 0 Å². The van der Waals surface area contributed by atoms with Crippen LogP contribution in [-0.2, 0) is 0 Å². The molecule has 2 aromatic rings. The van der Waals surface area contributed by atoms with Gasteiger partial charge in [0.05, 0.1) is 0 Å². The Bertz CT molecular complexity index is 523. The number of aliphatic hydroxyl groups is 1. The highest BCUT2D eigenvalue weighted by molar-refractivity contribution is 5.92. The van der Waals surface area contributed by atoms with Crippen molar-refractivity contribution in [1.29, 1.82) is 0 Å². The average Bonchev–Trinajstić information content (AvgIpc) is 2.39. The highest BCUT2D eigenvalue weighted by Gasteiger charge is 2.11. The minimum absolute atomic E-state index is 0.400. The number of nitrogens with two attached hydrogens (primary N) is 1. The molecule has 1 unspecified atom stereocenters. The van der Waals surface area contributed by atoms with Crippen molar-refractivity contribution in [2.24, 2.45) is 5.73 Å². The molecule has 1 amide bonds. The van der Waals surface area contributed by atoms with Gasteiger partial charge in [-0.15, -0.1) is 0 Å². The van der Waals surface area contributed by atoms with Crippen molar-refractivity contribution in [3.8, 4) is 0 Å². The van der Waals surface area contributed by atoms with Crippen LogP contribution in [0.3, 0.4) is 0 Å². The van der Waals surface area contributed by atoms with Gasteiger partial charge < -0.3 is 10.8 Å². The van der Waals surface area contributed by atoms with Crippen LogP contribution in [0.5, 0.6) is 0 Å². The van der Waals surface area contributed by atoms with Crippen LogP contribution in [0.4, 0.5) is 0 Å². The van der Waals surface area contributed by atoms with Crippen LogP contribution in [0, 0.1) is 0 Å². The quantitative estimate of drug-likeness (QED) is 0.840. The third-order valence-electron chi connectivity index (χ3n) is 2.60. The molecule has 0 aliphatic heterocycles. The maximum absolute atomic E-state index is 11.1. The molecule has 3 heteroatoms. The van der Waals surface area contributed by atoms with Crippen LogP contribution in [0.2, 0.25) is 0 Å². The predicted molar refractivity (Wildman–Crippen MR) is 65.5 cm³/mol. The molecule has 3 N–H and O–H groups in total. The van der Waals surface area contributed by atoms with Gasteiger partial charge in [0, 0.05) is 5.56 Å². The lowest BCUT2D eigenvalue weighted by Gasteiger charge is -2.11. The van der Waals surface area contributed by atoms with Gasteiger partial charge in [-0.05, 0) is 23.3 Å². The Morgan fingerprint density at radius 2 is 1.65 bits per heavy atom. The topological polar surface area (TPSA) is 63.3 Å². The second-order valence-electron chi connectivity index (χ2n) is 3.80. The Kier molecular flexibility index (Phi) is 3.21. The number of aliphatic hydroxyl groups excluding tert-OH is 1. The highest BCUT2D eigenvalue weighted by atomic mass is 16.3. The fraction of sp³-hybridized carbons (Fsp3) is 0.0714. The zero-order chi connectivity index (χ0) is 12.3. The first kappa shape index (κ1) is 11.4. The minimum Gasteiger partial charge on any atom is -0.384 e. The number of primary amides is 1. The van der Waals surface area contributed by atoms with Crippen molar-refractivity contribution in [3.05, 3.63) is 71.3 Å². The molecule has 86 valence electrons. The summed E-state index contributed by atoms with van der Waals surface area (Å²) >= 11 is 0. The van der Waals surface area contributed by atoms with Crippen LogP contribution in [-0.4, -0.2) is 11.0 Å². The first-order valence-corrected chi connectivity index (χ1v) is 5.31. The van der Waals surface area contributed by atoms with E-state index in [2.05, 4.69) is 0 Å². The Balaban J connectivity index is 2.34. The van der Waals surface area contributed by atoms with Crippen LogP contribution >= 0.6 is 0 Å². The molecule has 0 radical (unpaired) electrons. The summed E-state index contributed by atoms with van der Waals surface area (Å²) in [6.07, 6.45) is -0.740. The molecular formula is C14H13NO2. The summed E-state index contributed by atoms with van der Waals surface area (Å²) in [6.45, 7) is 0.